The molecule has 0 aliphatic heterocycles. The van der Waals surface area contributed by atoms with E-state index in [0.29, 0.717) is 18.7 Å². The van der Waals surface area contributed by atoms with Gasteiger partial charge in [-0.05, 0) is 26.0 Å². The Kier molecular flexibility index (Phi) is 5.58. The van der Waals surface area contributed by atoms with Gasteiger partial charge in [0.2, 0.25) is 0 Å². The first-order chi connectivity index (χ1) is 8.60. The second-order valence-electron chi connectivity index (χ2n) is 4.27. The Bertz CT molecular complexity index is 376. The van der Waals surface area contributed by atoms with Gasteiger partial charge in [-0.15, -0.1) is 0 Å². The molecule has 0 atom stereocenters. The van der Waals surface area contributed by atoms with Crippen LogP contribution in [0.1, 0.15) is 24.2 Å². The first-order valence-electron chi connectivity index (χ1n) is 6.03. The second-order valence-corrected chi connectivity index (χ2v) is 4.27. The summed E-state index contributed by atoms with van der Waals surface area (Å²) in [6.07, 6.45) is 1.59. The van der Waals surface area contributed by atoms with Crippen LogP contribution in [0.3, 0.4) is 0 Å². The van der Waals surface area contributed by atoms with E-state index in [0.717, 1.165) is 5.82 Å². The molecule has 1 aromatic rings. The molecule has 0 saturated carbocycles. The highest BCUT2D eigenvalue weighted by atomic mass is 16.5. The Morgan fingerprint density at radius 2 is 2.22 bits per heavy atom. The molecule has 0 unspecified atom stereocenters. The van der Waals surface area contributed by atoms with Gasteiger partial charge in [-0.1, -0.05) is 0 Å². The fraction of sp³-hybridized carbons (Fsp3) is 0.538. The van der Waals surface area contributed by atoms with Crippen LogP contribution in [0.4, 0.5) is 5.82 Å². The van der Waals surface area contributed by atoms with Crippen molar-refractivity contribution in [2.45, 2.75) is 19.9 Å². The van der Waals surface area contributed by atoms with Crippen LogP contribution in [0.15, 0.2) is 18.3 Å². The average Bonchev–Trinajstić information content (AvgIpc) is 2.38. The normalized spacial score (nSPS) is 10.5. The van der Waals surface area contributed by atoms with Gasteiger partial charge >= 0.3 is 0 Å². The maximum absolute atomic E-state index is 12.3. The van der Waals surface area contributed by atoms with Crippen molar-refractivity contribution < 1.29 is 9.53 Å². The van der Waals surface area contributed by atoms with Crippen molar-refractivity contribution >= 4 is 11.7 Å². The smallest absolute Gasteiger partial charge is 0.255 e. The topological polar surface area (TPSA) is 54.5 Å². The second kappa shape index (κ2) is 6.96. The highest BCUT2D eigenvalue weighted by Gasteiger charge is 2.18. The quantitative estimate of drug-likeness (QED) is 0.834. The number of methoxy groups -OCH3 is 1. The summed E-state index contributed by atoms with van der Waals surface area (Å²) in [5.74, 6) is 0.733. The van der Waals surface area contributed by atoms with Crippen molar-refractivity contribution in [3.63, 3.8) is 0 Å². The molecule has 0 fully saturated rings. The summed E-state index contributed by atoms with van der Waals surface area (Å²) < 4.78 is 5.03. The lowest BCUT2D eigenvalue weighted by atomic mass is 10.2. The van der Waals surface area contributed by atoms with Crippen LogP contribution in [-0.4, -0.2) is 49.1 Å². The lowest BCUT2D eigenvalue weighted by Gasteiger charge is -2.26. The SMILES string of the molecule is CNc1ccc(C(=O)N(CCOC)C(C)C)cn1. The summed E-state index contributed by atoms with van der Waals surface area (Å²) in [5, 5.41) is 2.92. The Labute approximate surface area is 108 Å². The van der Waals surface area contributed by atoms with E-state index in [9.17, 15) is 4.79 Å². The number of ether oxygens (including phenoxy) is 1. The zero-order valence-corrected chi connectivity index (χ0v) is 11.4. The maximum atomic E-state index is 12.3. The molecule has 0 spiro atoms. The van der Waals surface area contributed by atoms with Crippen LogP contribution in [0.5, 0.6) is 0 Å². The minimum Gasteiger partial charge on any atom is -0.383 e. The molecule has 1 amide bonds. The fourth-order valence-corrected chi connectivity index (χ4v) is 1.62. The molecule has 0 saturated heterocycles. The van der Waals surface area contributed by atoms with Crippen molar-refractivity contribution in [1.29, 1.82) is 0 Å². The van der Waals surface area contributed by atoms with Gasteiger partial charge in [-0.3, -0.25) is 4.79 Å². The number of hydrogen-bond acceptors (Lipinski definition) is 4. The van der Waals surface area contributed by atoms with Crippen molar-refractivity contribution in [3.05, 3.63) is 23.9 Å². The molecule has 5 nitrogen and oxygen atoms in total. The molecule has 0 bridgehead atoms. The molecule has 1 rings (SSSR count). The van der Waals surface area contributed by atoms with Gasteiger partial charge in [0.25, 0.3) is 5.91 Å². The summed E-state index contributed by atoms with van der Waals surface area (Å²) in [6.45, 7) is 5.10. The van der Waals surface area contributed by atoms with E-state index in [2.05, 4.69) is 10.3 Å². The zero-order valence-electron chi connectivity index (χ0n) is 11.4. The molecular formula is C13H21N3O2. The van der Waals surface area contributed by atoms with Gasteiger partial charge in [0.05, 0.1) is 12.2 Å². The van der Waals surface area contributed by atoms with Crippen molar-refractivity contribution in [2.75, 3.05) is 32.6 Å². The van der Waals surface area contributed by atoms with Crippen molar-refractivity contribution in [2.24, 2.45) is 0 Å². The van der Waals surface area contributed by atoms with E-state index in [1.165, 1.54) is 0 Å². The average molecular weight is 251 g/mol. The van der Waals surface area contributed by atoms with Gasteiger partial charge in [0, 0.05) is 32.9 Å². The molecule has 5 heteroatoms. The summed E-state index contributed by atoms with van der Waals surface area (Å²) in [5.41, 5.74) is 0.596. The number of aromatic nitrogens is 1. The molecule has 18 heavy (non-hydrogen) atoms. The van der Waals surface area contributed by atoms with Gasteiger partial charge < -0.3 is 15.0 Å². The van der Waals surface area contributed by atoms with Crippen LogP contribution >= 0.6 is 0 Å². The Morgan fingerprint density at radius 1 is 1.50 bits per heavy atom. The minimum absolute atomic E-state index is 0.0165. The molecule has 100 valence electrons. The van der Waals surface area contributed by atoms with Crippen LogP contribution in [0, 0.1) is 0 Å². The number of amides is 1. The largest absolute Gasteiger partial charge is 0.383 e. The number of hydrogen-bond donors (Lipinski definition) is 1. The predicted octanol–water partition coefficient (Wildman–Crippen LogP) is 1.62. The lowest BCUT2D eigenvalue weighted by molar-refractivity contribution is 0.0634. The van der Waals surface area contributed by atoms with Gasteiger partial charge in [-0.25, -0.2) is 4.98 Å². The molecule has 0 radical (unpaired) electrons. The number of anilines is 1. The van der Waals surface area contributed by atoms with Crippen LogP contribution in [0.25, 0.3) is 0 Å². The van der Waals surface area contributed by atoms with Crippen molar-refractivity contribution in [1.82, 2.24) is 9.88 Å². The molecule has 1 heterocycles. The molecule has 0 aromatic carbocycles. The standard InChI is InChI=1S/C13H21N3O2/c1-10(2)16(7-8-18-4)13(17)11-5-6-12(14-3)15-9-11/h5-6,9-10H,7-8H2,1-4H3,(H,14,15). The predicted molar refractivity (Wildman–Crippen MR) is 71.8 cm³/mol. The summed E-state index contributed by atoms with van der Waals surface area (Å²) in [4.78, 5) is 18.2. The van der Waals surface area contributed by atoms with E-state index >= 15 is 0 Å². The van der Waals surface area contributed by atoms with Crippen LogP contribution < -0.4 is 5.32 Å². The molecule has 0 aliphatic carbocycles. The number of pyridine rings is 1. The Balaban J connectivity index is 2.80. The molecule has 0 aliphatic rings. The third kappa shape index (κ3) is 3.70. The summed E-state index contributed by atoms with van der Waals surface area (Å²) in [6, 6.07) is 3.71. The Hall–Kier alpha value is -1.62. The number of rotatable bonds is 6. The summed E-state index contributed by atoms with van der Waals surface area (Å²) >= 11 is 0. The molecular weight excluding hydrogens is 230 g/mol. The fourth-order valence-electron chi connectivity index (χ4n) is 1.62. The highest BCUT2D eigenvalue weighted by Crippen LogP contribution is 2.10. The maximum Gasteiger partial charge on any atom is 0.255 e. The van der Waals surface area contributed by atoms with Crippen molar-refractivity contribution in [3.8, 4) is 0 Å². The van der Waals surface area contributed by atoms with Gasteiger partial charge in [-0.2, -0.15) is 0 Å². The summed E-state index contributed by atoms with van der Waals surface area (Å²) in [7, 11) is 3.43. The first-order valence-corrected chi connectivity index (χ1v) is 6.03. The lowest BCUT2D eigenvalue weighted by Crippen LogP contribution is -2.39. The van der Waals surface area contributed by atoms with E-state index < -0.39 is 0 Å². The van der Waals surface area contributed by atoms with Gasteiger partial charge in [0.1, 0.15) is 5.82 Å². The molecule has 1 aromatic heterocycles. The number of nitrogens with one attached hydrogen (secondary N) is 1. The van der Waals surface area contributed by atoms with E-state index in [4.69, 9.17) is 4.74 Å². The molecule has 1 N–H and O–H groups in total. The number of carbonyl (C=O) groups is 1. The first kappa shape index (κ1) is 14.4. The minimum atomic E-state index is -0.0165. The van der Waals surface area contributed by atoms with E-state index in [1.54, 1.807) is 37.4 Å². The number of carbonyl (C=O) groups excluding carboxylic acids is 1. The third-order valence-corrected chi connectivity index (χ3v) is 2.69. The Morgan fingerprint density at radius 3 is 2.67 bits per heavy atom. The third-order valence-electron chi connectivity index (χ3n) is 2.69. The van der Waals surface area contributed by atoms with E-state index in [1.807, 2.05) is 13.8 Å². The van der Waals surface area contributed by atoms with Crippen LogP contribution in [-0.2, 0) is 4.74 Å². The van der Waals surface area contributed by atoms with Gasteiger partial charge in [0.15, 0.2) is 0 Å². The highest BCUT2D eigenvalue weighted by molar-refractivity contribution is 5.94. The zero-order chi connectivity index (χ0) is 13.5. The van der Waals surface area contributed by atoms with E-state index in [-0.39, 0.29) is 11.9 Å². The monoisotopic (exact) mass is 251 g/mol. The number of nitrogens with zero attached hydrogens (tertiary/aromatic N) is 2. The van der Waals surface area contributed by atoms with Crippen LogP contribution in [0.2, 0.25) is 0 Å².